The van der Waals surface area contributed by atoms with Gasteiger partial charge in [-0.2, -0.15) is 0 Å². The summed E-state index contributed by atoms with van der Waals surface area (Å²) in [5, 5.41) is 9.98. The molecule has 0 saturated heterocycles. The quantitative estimate of drug-likeness (QED) is 0.772. The first kappa shape index (κ1) is 17.1. The number of nitrogens with zero attached hydrogens (tertiary/aromatic N) is 1. The van der Waals surface area contributed by atoms with Crippen molar-refractivity contribution in [3.63, 3.8) is 0 Å². The Hall–Kier alpha value is -0.926. The molecule has 20 heavy (non-hydrogen) atoms. The monoisotopic (exact) mass is 346 g/mol. The number of benzene rings is 2. The Balaban J connectivity index is 0.000000612. The first-order valence-electron chi connectivity index (χ1n) is 6.05. The molecule has 0 aliphatic heterocycles. The number of hydrogen-bond acceptors (Lipinski definition) is 2. The minimum absolute atomic E-state index is 0.328. The Kier molecular flexibility index (Phi) is 8.48. The van der Waals surface area contributed by atoms with Gasteiger partial charge in [0.25, 0.3) is 0 Å². The molecule has 105 valence electrons. The summed E-state index contributed by atoms with van der Waals surface area (Å²) in [5.41, 5.74) is 2.59. The Morgan fingerprint density at radius 1 is 1.10 bits per heavy atom. The van der Waals surface area contributed by atoms with E-state index < -0.39 is 0 Å². The van der Waals surface area contributed by atoms with Gasteiger partial charge in [-0.1, -0.05) is 37.3 Å². The van der Waals surface area contributed by atoms with Gasteiger partial charge in [-0.3, -0.25) is 4.99 Å². The van der Waals surface area contributed by atoms with E-state index in [0.29, 0.717) is 5.75 Å². The van der Waals surface area contributed by atoms with Crippen molar-refractivity contribution in [2.75, 3.05) is 0 Å². The molecular weight excluding hydrogens is 332 g/mol. The van der Waals surface area contributed by atoms with E-state index in [1.807, 2.05) is 55.5 Å². The molecule has 0 aliphatic rings. The molecule has 0 aromatic heterocycles. The van der Waals surface area contributed by atoms with Gasteiger partial charge < -0.3 is 5.11 Å². The van der Waals surface area contributed by atoms with E-state index >= 15 is 0 Å². The van der Waals surface area contributed by atoms with Crippen molar-refractivity contribution in [2.24, 2.45) is 4.99 Å². The maximum absolute atomic E-state index is 9.98. The summed E-state index contributed by atoms with van der Waals surface area (Å²) in [5.74, 6) is 0.328. The number of para-hydroxylation sites is 2. The second kappa shape index (κ2) is 9.90. The van der Waals surface area contributed by atoms with Crippen molar-refractivity contribution in [1.82, 2.24) is 0 Å². The molecule has 5 heteroatoms. The fraction of sp³-hybridized carbons (Fsp3) is 0.133. The van der Waals surface area contributed by atoms with Gasteiger partial charge in [0.05, 0.1) is 5.69 Å². The Bertz CT molecular complexity index is 547. The standard InChI is InChI=1S/C15H15NO.2ClH.V/c1-2-12-7-6-8-13(15(12)17)11-16-14-9-4-3-5-10-14;;;/h3-11,17H,2H2,1H3;2*1H;/q;;;+2/p-2. The number of rotatable bonds is 3. The number of aryl methyl sites for hydroxylation is 1. The van der Waals surface area contributed by atoms with Crippen molar-refractivity contribution in [1.29, 1.82) is 0 Å². The third-order valence-electron chi connectivity index (χ3n) is 2.64. The normalized spacial score (nSPS) is 9.95. The second-order valence-corrected chi connectivity index (χ2v) is 6.17. The van der Waals surface area contributed by atoms with Gasteiger partial charge in [0.15, 0.2) is 0 Å². The van der Waals surface area contributed by atoms with Crippen LogP contribution in [0.2, 0.25) is 0 Å². The van der Waals surface area contributed by atoms with Crippen LogP contribution in [0.5, 0.6) is 5.75 Å². The van der Waals surface area contributed by atoms with Crippen molar-refractivity contribution >= 4 is 31.6 Å². The maximum atomic E-state index is 9.98. The van der Waals surface area contributed by atoms with Gasteiger partial charge in [0, 0.05) is 11.8 Å². The fourth-order valence-corrected chi connectivity index (χ4v) is 1.66. The zero-order chi connectivity index (χ0) is 14.8. The number of halogens is 2. The van der Waals surface area contributed by atoms with E-state index in [0.717, 1.165) is 23.2 Å². The van der Waals surface area contributed by atoms with E-state index in [-0.39, 0.29) is 14.4 Å². The molecule has 2 aromatic rings. The van der Waals surface area contributed by atoms with Crippen LogP contribution in [0.15, 0.2) is 53.5 Å². The summed E-state index contributed by atoms with van der Waals surface area (Å²) in [6, 6.07) is 15.4. The number of aliphatic imine (C=N–C) groups is 1. The molecule has 0 amide bonds. The van der Waals surface area contributed by atoms with Crippen LogP contribution in [-0.4, -0.2) is 11.3 Å². The number of phenols is 1. The van der Waals surface area contributed by atoms with E-state index in [1.54, 1.807) is 6.21 Å². The predicted octanol–water partition coefficient (Wildman–Crippen LogP) is 5.08. The SMILES string of the molecule is CCc1cccc(C=Nc2ccccc2)c1O.[Cl][V][Cl]. The third-order valence-corrected chi connectivity index (χ3v) is 2.64. The third kappa shape index (κ3) is 5.60. The van der Waals surface area contributed by atoms with Crippen LogP contribution in [0.25, 0.3) is 0 Å². The average molecular weight is 347 g/mol. The Labute approximate surface area is 134 Å². The van der Waals surface area contributed by atoms with Gasteiger partial charge >= 0.3 is 34.1 Å². The first-order valence-corrected chi connectivity index (χ1v) is 9.89. The minimum atomic E-state index is -0.368. The Morgan fingerprint density at radius 2 is 1.75 bits per heavy atom. The molecule has 0 aliphatic carbocycles. The predicted molar refractivity (Wildman–Crippen MR) is 82.9 cm³/mol. The van der Waals surface area contributed by atoms with Crippen LogP contribution in [0.1, 0.15) is 18.1 Å². The molecule has 0 fully saturated rings. The number of phenolic OH excluding ortho intramolecular Hbond substituents is 1. The van der Waals surface area contributed by atoms with Crippen molar-refractivity contribution in [2.45, 2.75) is 13.3 Å². The molecule has 1 N–H and O–H groups in total. The zero-order valence-electron chi connectivity index (χ0n) is 11.0. The average Bonchev–Trinajstić information content (AvgIpc) is 2.48. The van der Waals surface area contributed by atoms with Crippen LogP contribution in [0, 0.1) is 0 Å². The van der Waals surface area contributed by atoms with Gasteiger partial charge in [0.1, 0.15) is 5.75 Å². The van der Waals surface area contributed by atoms with Crippen LogP contribution >= 0.6 is 19.7 Å². The van der Waals surface area contributed by atoms with Crippen LogP contribution < -0.4 is 0 Å². The summed E-state index contributed by atoms with van der Waals surface area (Å²) in [4.78, 5) is 4.33. The van der Waals surface area contributed by atoms with E-state index in [9.17, 15) is 5.11 Å². The molecule has 0 heterocycles. The van der Waals surface area contributed by atoms with Crippen LogP contribution in [0.3, 0.4) is 0 Å². The number of aromatic hydroxyl groups is 1. The summed E-state index contributed by atoms with van der Waals surface area (Å²) >= 11 is -0.368. The van der Waals surface area contributed by atoms with Crippen molar-refractivity contribution in [3.8, 4) is 5.75 Å². The Morgan fingerprint density at radius 3 is 2.35 bits per heavy atom. The zero-order valence-corrected chi connectivity index (χ0v) is 13.9. The van der Waals surface area contributed by atoms with E-state index in [4.69, 9.17) is 19.7 Å². The van der Waals surface area contributed by atoms with Gasteiger partial charge in [-0.05, 0) is 30.2 Å². The topological polar surface area (TPSA) is 32.6 Å². The van der Waals surface area contributed by atoms with Crippen LogP contribution in [0.4, 0.5) is 5.69 Å². The van der Waals surface area contributed by atoms with E-state index in [1.165, 1.54) is 0 Å². The molecule has 0 spiro atoms. The first-order chi connectivity index (χ1) is 9.72. The van der Waals surface area contributed by atoms with Crippen molar-refractivity contribution in [3.05, 3.63) is 59.7 Å². The van der Waals surface area contributed by atoms with Gasteiger partial charge in [-0.15, -0.1) is 0 Å². The molecule has 0 bridgehead atoms. The van der Waals surface area contributed by atoms with Crippen molar-refractivity contribution < 1.29 is 19.5 Å². The molecule has 2 nitrogen and oxygen atoms in total. The summed E-state index contributed by atoms with van der Waals surface area (Å²) < 4.78 is 0. The van der Waals surface area contributed by atoms with Crippen LogP contribution in [-0.2, 0) is 20.8 Å². The summed E-state index contributed by atoms with van der Waals surface area (Å²) in [7, 11) is 9.72. The van der Waals surface area contributed by atoms with E-state index in [2.05, 4.69) is 4.99 Å². The summed E-state index contributed by atoms with van der Waals surface area (Å²) in [6.45, 7) is 2.02. The molecule has 0 atom stereocenters. The molecule has 0 saturated carbocycles. The molecule has 2 aromatic carbocycles. The molecule has 0 unspecified atom stereocenters. The summed E-state index contributed by atoms with van der Waals surface area (Å²) in [6.07, 6.45) is 2.52. The molecule has 0 radical (unpaired) electrons. The van der Waals surface area contributed by atoms with Gasteiger partial charge in [0.2, 0.25) is 0 Å². The fourth-order valence-electron chi connectivity index (χ4n) is 1.66. The molecule has 2 rings (SSSR count). The molecular formula is C15H15Cl2NOV. The number of hydrogen-bond donors (Lipinski definition) is 1. The van der Waals surface area contributed by atoms with Gasteiger partial charge in [-0.25, -0.2) is 0 Å². The second-order valence-electron chi connectivity index (χ2n) is 3.87.